The lowest BCUT2D eigenvalue weighted by molar-refractivity contribution is -0.126. The maximum atomic E-state index is 11.5. The van der Waals surface area contributed by atoms with E-state index in [0.29, 0.717) is 18.9 Å². The molecule has 0 bridgehead atoms. The van der Waals surface area contributed by atoms with Crippen LogP contribution in [0.15, 0.2) is 30.3 Å². The van der Waals surface area contributed by atoms with Crippen LogP contribution >= 0.6 is 0 Å². The van der Waals surface area contributed by atoms with Crippen molar-refractivity contribution in [1.82, 2.24) is 5.32 Å². The number of amides is 1. The monoisotopic (exact) mass is 205 g/mol. The summed E-state index contributed by atoms with van der Waals surface area (Å²) in [5.41, 5.74) is 1.13. The van der Waals surface area contributed by atoms with E-state index >= 15 is 0 Å². The van der Waals surface area contributed by atoms with Crippen LogP contribution in [0.3, 0.4) is 0 Å². The molecule has 1 N–H and O–H groups in total. The topological polar surface area (TPSA) is 38.3 Å². The molecule has 0 unspecified atom stereocenters. The summed E-state index contributed by atoms with van der Waals surface area (Å²) in [5.74, 6) is 0.549. The SMILES string of the molecule is O=C(CC1COC1)NCc1ccccc1. The zero-order valence-corrected chi connectivity index (χ0v) is 8.61. The van der Waals surface area contributed by atoms with Gasteiger partial charge in [0.2, 0.25) is 5.91 Å². The van der Waals surface area contributed by atoms with Crippen molar-refractivity contribution >= 4 is 5.91 Å². The lowest BCUT2D eigenvalue weighted by Crippen LogP contribution is -2.34. The molecule has 3 nitrogen and oxygen atoms in total. The predicted octanol–water partition coefficient (Wildman–Crippen LogP) is 1.34. The van der Waals surface area contributed by atoms with Crippen molar-refractivity contribution in [2.24, 2.45) is 5.92 Å². The smallest absolute Gasteiger partial charge is 0.220 e. The largest absolute Gasteiger partial charge is 0.381 e. The van der Waals surface area contributed by atoms with Gasteiger partial charge in [-0.3, -0.25) is 4.79 Å². The van der Waals surface area contributed by atoms with E-state index in [4.69, 9.17) is 4.74 Å². The summed E-state index contributed by atoms with van der Waals surface area (Å²) in [6.45, 7) is 2.09. The summed E-state index contributed by atoms with van der Waals surface area (Å²) < 4.78 is 5.02. The van der Waals surface area contributed by atoms with Crippen molar-refractivity contribution in [3.8, 4) is 0 Å². The molecule has 1 aromatic rings. The summed E-state index contributed by atoms with van der Waals surface area (Å²) in [7, 11) is 0. The van der Waals surface area contributed by atoms with Crippen molar-refractivity contribution in [2.75, 3.05) is 13.2 Å². The zero-order valence-electron chi connectivity index (χ0n) is 8.61. The van der Waals surface area contributed by atoms with Gasteiger partial charge in [-0.15, -0.1) is 0 Å². The van der Waals surface area contributed by atoms with Gasteiger partial charge >= 0.3 is 0 Å². The molecular weight excluding hydrogens is 190 g/mol. The minimum absolute atomic E-state index is 0.118. The third-order valence-corrected chi connectivity index (χ3v) is 2.51. The number of hydrogen-bond acceptors (Lipinski definition) is 2. The van der Waals surface area contributed by atoms with Crippen molar-refractivity contribution in [3.63, 3.8) is 0 Å². The van der Waals surface area contributed by atoms with E-state index in [9.17, 15) is 4.79 Å². The maximum absolute atomic E-state index is 11.5. The summed E-state index contributed by atoms with van der Waals surface area (Å²) in [6, 6.07) is 9.93. The molecule has 15 heavy (non-hydrogen) atoms. The van der Waals surface area contributed by atoms with Crippen LogP contribution in [-0.2, 0) is 16.1 Å². The number of hydrogen-bond donors (Lipinski definition) is 1. The van der Waals surface area contributed by atoms with E-state index in [1.54, 1.807) is 0 Å². The Morgan fingerprint density at radius 2 is 2.07 bits per heavy atom. The fourth-order valence-electron chi connectivity index (χ4n) is 1.53. The molecule has 0 atom stereocenters. The van der Waals surface area contributed by atoms with Crippen LogP contribution in [0.2, 0.25) is 0 Å². The highest BCUT2D eigenvalue weighted by Gasteiger charge is 2.21. The van der Waals surface area contributed by atoms with Crippen molar-refractivity contribution in [1.29, 1.82) is 0 Å². The first kappa shape index (κ1) is 10.2. The normalized spacial score (nSPS) is 15.7. The number of carbonyl (C=O) groups excluding carboxylic acids is 1. The first-order valence-electron chi connectivity index (χ1n) is 5.23. The Balaban J connectivity index is 1.71. The van der Waals surface area contributed by atoms with Gasteiger partial charge in [-0.25, -0.2) is 0 Å². The highest BCUT2D eigenvalue weighted by molar-refractivity contribution is 5.76. The first-order chi connectivity index (χ1) is 7.34. The van der Waals surface area contributed by atoms with Gasteiger partial charge in [0.1, 0.15) is 0 Å². The van der Waals surface area contributed by atoms with E-state index in [0.717, 1.165) is 18.8 Å². The molecule has 1 heterocycles. The van der Waals surface area contributed by atoms with Crippen molar-refractivity contribution in [2.45, 2.75) is 13.0 Å². The van der Waals surface area contributed by atoms with E-state index < -0.39 is 0 Å². The second kappa shape index (κ2) is 4.94. The molecule has 0 aromatic heterocycles. The van der Waals surface area contributed by atoms with Gasteiger partial charge in [0.25, 0.3) is 0 Å². The molecule has 1 amide bonds. The zero-order chi connectivity index (χ0) is 10.5. The highest BCUT2D eigenvalue weighted by Crippen LogP contribution is 2.13. The third-order valence-electron chi connectivity index (χ3n) is 2.51. The van der Waals surface area contributed by atoms with Crippen LogP contribution in [0, 0.1) is 5.92 Å². The van der Waals surface area contributed by atoms with Crippen LogP contribution in [0.4, 0.5) is 0 Å². The lowest BCUT2D eigenvalue weighted by Gasteiger charge is -2.25. The second-order valence-electron chi connectivity index (χ2n) is 3.87. The molecule has 0 aliphatic carbocycles. The van der Waals surface area contributed by atoms with Crippen molar-refractivity contribution in [3.05, 3.63) is 35.9 Å². The van der Waals surface area contributed by atoms with Gasteiger partial charge in [0.15, 0.2) is 0 Å². The Labute approximate surface area is 89.4 Å². The third kappa shape index (κ3) is 3.06. The minimum atomic E-state index is 0.118. The molecule has 1 aliphatic heterocycles. The number of ether oxygens (including phenoxy) is 1. The van der Waals surface area contributed by atoms with Gasteiger partial charge in [-0.05, 0) is 5.56 Å². The maximum Gasteiger partial charge on any atom is 0.220 e. The fourth-order valence-corrected chi connectivity index (χ4v) is 1.53. The number of carbonyl (C=O) groups is 1. The molecule has 1 aromatic carbocycles. The molecule has 1 saturated heterocycles. The van der Waals surface area contributed by atoms with Crippen LogP contribution in [-0.4, -0.2) is 19.1 Å². The van der Waals surface area contributed by atoms with Crippen LogP contribution in [0.5, 0.6) is 0 Å². The average molecular weight is 205 g/mol. The summed E-state index contributed by atoms with van der Waals surface area (Å²) >= 11 is 0. The number of nitrogens with one attached hydrogen (secondary N) is 1. The molecular formula is C12H15NO2. The Kier molecular flexibility index (Phi) is 3.35. The van der Waals surface area contributed by atoms with E-state index in [-0.39, 0.29) is 5.91 Å². The van der Waals surface area contributed by atoms with Gasteiger partial charge in [-0.2, -0.15) is 0 Å². The summed E-state index contributed by atoms with van der Waals surface area (Å²) in [6.07, 6.45) is 0.590. The van der Waals surface area contributed by atoms with E-state index in [1.807, 2.05) is 30.3 Å². The average Bonchev–Trinajstić information content (AvgIpc) is 2.22. The molecule has 0 radical (unpaired) electrons. The Bertz CT molecular complexity index is 320. The molecule has 0 saturated carbocycles. The van der Waals surface area contributed by atoms with Gasteiger partial charge < -0.3 is 10.1 Å². The molecule has 80 valence electrons. The standard InChI is InChI=1S/C12H15NO2/c14-12(6-11-8-15-9-11)13-7-10-4-2-1-3-5-10/h1-5,11H,6-9H2,(H,13,14). The van der Waals surface area contributed by atoms with E-state index in [2.05, 4.69) is 5.32 Å². The Hall–Kier alpha value is -1.35. The lowest BCUT2D eigenvalue weighted by atomic mass is 10.0. The van der Waals surface area contributed by atoms with Gasteiger partial charge in [0, 0.05) is 18.9 Å². The Morgan fingerprint density at radius 3 is 2.67 bits per heavy atom. The minimum Gasteiger partial charge on any atom is -0.381 e. The summed E-state index contributed by atoms with van der Waals surface area (Å²) in [5, 5.41) is 2.90. The van der Waals surface area contributed by atoms with Crippen LogP contribution < -0.4 is 5.32 Å². The highest BCUT2D eigenvalue weighted by atomic mass is 16.5. The fraction of sp³-hybridized carbons (Fsp3) is 0.417. The number of rotatable bonds is 4. The molecule has 1 aliphatic rings. The Morgan fingerprint density at radius 1 is 1.33 bits per heavy atom. The molecule has 0 spiro atoms. The first-order valence-corrected chi connectivity index (χ1v) is 5.23. The van der Waals surface area contributed by atoms with Crippen LogP contribution in [0.1, 0.15) is 12.0 Å². The predicted molar refractivity (Wildman–Crippen MR) is 57.2 cm³/mol. The number of benzene rings is 1. The molecule has 1 fully saturated rings. The second-order valence-corrected chi connectivity index (χ2v) is 3.87. The van der Waals surface area contributed by atoms with Gasteiger partial charge in [0.05, 0.1) is 13.2 Å². The van der Waals surface area contributed by atoms with Gasteiger partial charge in [-0.1, -0.05) is 30.3 Å². The quantitative estimate of drug-likeness (QED) is 0.805. The van der Waals surface area contributed by atoms with Crippen molar-refractivity contribution < 1.29 is 9.53 Å². The molecule has 2 rings (SSSR count). The summed E-state index contributed by atoms with van der Waals surface area (Å²) in [4.78, 5) is 11.5. The molecule has 3 heteroatoms. The van der Waals surface area contributed by atoms with Crippen LogP contribution in [0.25, 0.3) is 0 Å². The van der Waals surface area contributed by atoms with E-state index in [1.165, 1.54) is 0 Å².